The van der Waals surface area contributed by atoms with Crippen molar-refractivity contribution in [2.24, 2.45) is 0 Å². The first kappa shape index (κ1) is 22.1. The highest BCUT2D eigenvalue weighted by Crippen LogP contribution is 2.26. The Morgan fingerprint density at radius 3 is 2.57 bits per heavy atom. The van der Waals surface area contributed by atoms with Crippen LogP contribution in [0, 0.1) is 0 Å². The van der Waals surface area contributed by atoms with E-state index >= 15 is 0 Å². The third-order valence-electron chi connectivity index (χ3n) is 5.18. The molecule has 0 aliphatic carbocycles. The van der Waals surface area contributed by atoms with Gasteiger partial charge < -0.3 is 5.32 Å². The summed E-state index contributed by atoms with van der Waals surface area (Å²) >= 11 is 1.30. The Morgan fingerprint density at radius 1 is 0.886 bits per heavy atom. The maximum atomic E-state index is 12.7. The van der Waals surface area contributed by atoms with Gasteiger partial charge in [0.05, 0.1) is 33.0 Å². The van der Waals surface area contributed by atoms with Gasteiger partial charge >= 0.3 is 0 Å². The normalized spacial score (nSPS) is 11.0. The Bertz CT molecular complexity index is 1510. The summed E-state index contributed by atoms with van der Waals surface area (Å²) in [7, 11) is 0. The molecule has 0 unspecified atom stereocenters. The van der Waals surface area contributed by atoms with Crippen LogP contribution in [0.15, 0.2) is 84.4 Å². The lowest BCUT2D eigenvalue weighted by atomic mass is 10.1. The number of fused-ring (bicyclic) bond motifs is 1. The first-order valence-electron chi connectivity index (χ1n) is 10.7. The molecule has 0 aliphatic rings. The lowest BCUT2D eigenvalue weighted by Crippen LogP contribution is -2.41. The summed E-state index contributed by atoms with van der Waals surface area (Å²) in [5, 5.41) is 13.5. The fourth-order valence-electron chi connectivity index (χ4n) is 3.48. The van der Waals surface area contributed by atoms with E-state index in [1.807, 2.05) is 54.6 Å². The smallest absolute Gasteiger partial charge is 0.279 e. The minimum atomic E-state index is -0.428. The van der Waals surface area contributed by atoms with Gasteiger partial charge in [0.2, 0.25) is 0 Å². The third kappa shape index (κ3) is 5.10. The Morgan fingerprint density at radius 2 is 1.74 bits per heavy atom. The lowest BCUT2D eigenvalue weighted by molar-refractivity contribution is 0.0849. The Kier molecular flexibility index (Phi) is 6.31. The summed E-state index contributed by atoms with van der Waals surface area (Å²) in [6.07, 6.45) is 5.57. The summed E-state index contributed by atoms with van der Waals surface area (Å²) in [4.78, 5) is 29.7. The second-order valence-corrected chi connectivity index (χ2v) is 8.46. The van der Waals surface area contributed by atoms with Crippen LogP contribution in [0.5, 0.6) is 0 Å². The van der Waals surface area contributed by atoms with E-state index in [0.29, 0.717) is 16.1 Å². The molecule has 3 aromatic heterocycles. The molecule has 0 atom stereocenters. The van der Waals surface area contributed by atoms with Crippen molar-refractivity contribution in [1.29, 1.82) is 0 Å². The molecule has 2 aromatic carbocycles. The zero-order valence-corrected chi connectivity index (χ0v) is 19.2. The van der Waals surface area contributed by atoms with Gasteiger partial charge in [0, 0.05) is 17.3 Å². The number of aromatic amines is 1. The summed E-state index contributed by atoms with van der Waals surface area (Å²) in [6.45, 7) is 0. The molecule has 0 bridgehead atoms. The minimum Gasteiger partial charge on any atom is -0.355 e. The quantitative estimate of drug-likeness (QED) is 0.255. The average Bonchev–Trinajstić information content (AvgIpc) is 3.57. The zero-order chi connectivity index (χ0) is 24.0. The van der Waals surface area contributed by atoms with Gasteiger partial charge in [-0.05, 0) is 66.1 Å². The van der Waals surface area contributed by atoms with E-state index < -0.39 is 5.91 Å². The van der Waals surface area contributed by atoms with Crippen molar-refractivity contribution >= 4 is 57.6 Å². The number of amides is 2. The number of rotatable bonds is 6. The van der Waals surface area contributed by atoms with Crippen molar-refractivity contribution in [2.45, 2.75) is 0 Å². The number of carbonyl (C=O) groups excluding carboxylic acids is 2. The van der Waals surface area contributed by atoms with Crippen LogP contribution >= 0.6 is 11.3 Å². The summed E-state index contributed by atoms with van der Waals surface area (Å²) in [5.41, 5.74) is 9.20. The number of hydrogen-bond donors (Lipinski definition) is 4. The van der Waals surface area contributed by atoms with Crippen molar-refractivity contribution in [1.82, 2.24) is 26.0 Å². The van der Waals surface area contributed by atoms with Crippen LogP contribution in [0.4, 0.5) is 11.4 Å². The molecular formula is C26H20N6O2S. The van der Waals surface area contributed by atoms with Crippen molar-refractivity contribution in [3.8, 4) is 0 Å². The largest absolute Gasteiger partial charge is 0.355 e. The van der Waals surface area contributed by atoms with Crippen LogP contribution in [0.1, 0.15) is 31.4 Å². The first-order valence-corrected chi connectivity index (χ1v) is 11.6. The Labute approximate surface area is 204 Å². The molecule has 9 heteroatoms. The number of nitrogens with zero attached hydrogens (tertiary/aromatic N) is 2. The van der Waals surface area contributed by atoms with Gasteiger partial charge in [-0.2, -0.15) is 5.10 Å². The highest BCUT2D eigenvalue weighted by atomic mass is 32.1. The van der Waals surface area contributed by atoms with Crippen LogP contribution in [0.2, 0.25) is 0 Å². The van der Waals surface area contributed by atoms with Gasteiger partial charge in [0.1, 0.15) is 0 Å². The van der Waals surface area contributed by atoms with Crippen LogP contribution in [-0.4, -0.2) is 27.0 Å². The van der Waals surface area contributed by atoms with Gasteiger partial charge in [-0.25, -0.2) is 0 Å². The number of carbonyl (C=O) groups is 2. The van der Waals surface area contributed by atoms with E-state index in [9.17, 15) is 9.59 Å². The molecule has 5 rings (SSSR count). The van der Waals surface area contributed by atoms with Crippen LogP contribution < -0.4 is 16.2 Å². The minimum absolute atomic E-state index is 0.364. The highest BCUT2D eigenvalue weighted by molar-refractivity contribution is 7.12. The molecule has 0 radical (unpaired) electrons. The van der Waals surface area contributed by atoms with Gasteiger partial charge in [0.25, 0.3) is 11.8 Å². The fourth-order valence-corrected chi connectivity index (χ4v) is 4.10. The van der Waals surface area contributed by atoms with Gasteiger partial charge in [-0.15, -0.1) is 11.3 Å². The number of aromatic nitrogens is 3. The molecule has 3 heterocycles. The maximum Gasteiger partial charge on any atom is 0.279 e. The molecule has 4 N–H and O–H groups in total. The topological polar surface area (TPSA) is 112 Å². The number of hydrogen-bond acceptors (Lipinski definition) is 6. The molecule has 8 nitrogen and oxygen atoms in total. The predicted molar refractivity (Wildman–Crippen MR) is 138 cm³/mol. The Hall–Kier alpha value is -4.76. The van der Waals surface area contributed by atoms with Crippen LogP contribution in [0.25, 0.3) is 23.1 Å². The average molecular weight is 481 g/mol. The third-order valence-corrected chi connectivity index (χ3v) is 6.05. The maximum absolute atomic E-state index is 12.7. The molecule has 0 aliphatic heterocycles. The molecule has 0 saturated heterocycles. The number of pyridine rings is 1. The second kappa shape index (κ2) is 10.0. The van der Waals surface area contributed by atoms with Gasteiger partial charge in [-0.1, -0.05) is 24.3 Å². The number of hydrazine groups is 1. The zero-order valence-electron chi connectivity index (χ0n) is 18.4. The highest BCUT2D eigenvalue weighted by Gasteiger charge is 2.14. The number of benzene rings is 2. The van der Waals surface area contributed by atoms with Crippen LogP contribution in [-0.2, 0) is 0 Å². The standard InChI is InChI=1S/C26H20N6O2S/c33-25(31-32-26(34)24-9-5-15-35-24)20-7-1-2-8-21(20)28-18-10-12-19-22(29-30-23(19)16-18)13-11-17-6-3-4-14-27-17/h1-16,28H,(H,29,30)(H,31,33)(H,32,34)/b13-11+. The number of nitrogens with one attached hydrogen (secondary N) is 4. The number of H-pyrrole nitrogens is 1. The van der Waals surface area contributed by atoms with Crippen molar-refractivity contribution < 1.29 is 9.59 Å². The van der Waals surface area contributed by atoms with E-state index in [4.69, 9.17) is 0 Å². The molecule has 2 amide bonds. The molecule has 5 aromatic rings. The summed E-state index contributed by atoms with van der Waals surface area (Å²) < 4.78 is 0. The van der Waals surface area contributed by atoms with E-state index in [1.54, 1.807) is 41.9 Å². The number of para-hydroxylation sites is 1. The fraction of sp³-hybridized carbons (Fsp3) is 0. The lowest BCUT2D eigenvalue weighted by Gasteiger charge is -2.13. The van der Waals surface area contributed by atoms with Gasteiger partial charge in [0.15, 0.2) is 0 Å². The number of anilines is 2. The second-order valence-electron chi connectivity index (χ2n) is 7.51. The number of thiophene rings is 1. The van der Waals surface area contributed by atoms with E-state index in [2.05, 4.69) is 31.3 Å². The predicted octanol–water partition coefficient (Wildman–Crippen LogP) is 5.01. The van der Waals surface area contributed by atoms with E-state index in [-0.39, 0.29) is 5.91 Å². The molecule has 0 spiro atoms. The van der Waals surface area contributed by atoms with Gasteiger partial charge in [-0.3, -0.25) is 30.5 Å². The molecule has 0 fully saturated rings. The molecular weight excluding hydrogens is 460 g/mol. The van der Waals surface area contributed by atoms with Crippen LogP contribution in [0.3, 0.4) is 0 Å². The molecule has 35 heavy (non-hydrogen) atoms. The monoisotopic (exact) mass is 480 g/mol. The summed E-state index contributed by atoms with van der Waals surface area (Å²) in [5.74, 6) is -0.793. The van der Waals surface area contributed by atoms with E-state index in [1.165, 1.54) is 11.3 Å². The van der Waals surface area contributed by atoms with Crippen molar-refractivity contribution in [3.63, 3.8) is 0 Å². The van der Waals surface area contributed by atoms with E-state index in [0.717, 1.165) is 28.0 Å². The van der Waals surface area contributed by atoms with Crippen molar-refractivity contribution in [2.75, 3.05) is 5.32 Å². The molecule has 0 saturated carbocycles. The molecule has 172 valence electrons. The SMILES string of the molecule is O=C(NNC(=O)c1ccccc1Nc1ccc2c(/C=C/c3ccccn3)n[nH]c2c1)c1cccs1. The Balaban J connectivity index is 1.31. The first-order chi connectivity index (χ1) is 17.2. The summed E-state index contributed by atoms with van der Waals surface area (Å²) in [6, 6.07) is 22.1. The van der Waals surface area contributed by atoms with Crippen molar-refractivity contribution in [3.05, 3.63) is 106 Å².